The minimum Gasteiger partial charge on any atom is -0.388 e. The molecule has 0 spiro atoms. The second-order valence-corrected chi connectivity index (χ2v) is 6.81. The van der Waals surface area contributed by atoms with Crippen molar-refractivity contribution in [2.75, 3.05) is 24.3 Å². The fourth-order valence-corrected chi connectivity index (χ4v) is 3.57. The van der Waals surface area contributed by atoms with Gasteiger partial charge in [0.1, 0.15) is 17.6 Å². The first kappa shape index (κ1) is 17.1. The minimum atomic E-state index is -4.51. The number of alkyl halides is 3. The van der Waals surface area contributed by atoms with Crippen LogP contribution in [0.15, 0.2) is 42.6 Å². The molecule has 2 aliphatic heterocycles. The number of nitrogens with one attached hydrogen (secondary N) is 1. The van der Waals surface area contributed by atoms with Crippen molar-refractivity contribution in [3.63, 3.8) is 0 Å². The highest BCUT2D eigenvalue weighted by Gasteiger charge is 2.48. The summed E-state index contributed by atoms with van der Waals surface area (Å²) in [6.07, 6.45) is -3.52. The third-order valence-corrected chi connectivity index (χ3v) is 5.10. The minimum absolute atomic E-state index is 0.0474. The van der Waals surface area contributed by atoms with Gasteiger partial charge in [-0.2, -0.15) is 18.3 Å². The number of rotatable bonds is 2. The maximum absolute atomic E-state index is 13.0. The van der Waals surface area contributed by atoms with E-state index in [1.807, 2.05) is 37.2 Å². The summed E-state index contributed by atoms with van der Waals surface area (Å²) in [6.45, 7) is 0. The van der Waals surface area contributed by atoms with Gasteiger partial charge in [-0.05, 0) is 24.3 Å². The van der Waals surface area contributed by atoms with E-state index in [2.05, 4.69) is 15.4 Å². The van der Waals surface area contributed by atoms with Gasteiger partial charge in [0.15, 0.2) is 6.23 Å². The Hall–Kier alpha value is -3.07. The van der Waals surface area contributed by atoms with Crippen molar-refractivity contribution < 1.29 is 17.9 Å². The molecule has 6 nitrogen and oxygen atoms in total. The van der Waals surface area contributed by atoms with Crippen molar-refractivity contribution in [2.24, 2.45) is 0 Å². The molecule has 5 rings (SSSR count). The molecular formula is C19H16F3N5O. The van der Waals surface area contributed by atoms with Gasteiger partial charge < -0.3 is 15.0 Å². The van der Waals surface area contributed by atoms with Gasteiger partial charge in [0.05, 0.1) is 11.4 Å². The number of epoxide rings is 1. The van der Waals surface area contributed by atoms with Gasteiger partial charge in [0.2, 0.25) is 0 Å². The van der Waals surface area contributed by atoms with Crippen molar-refractivity contribution >= 4 is 11.5 Å². The topological polar surface area (TPSA) is 58.5 Å². The number of likely N-dealkylation sites (N-methyl/N-ethyl adjacent to an activating group) is 1. The zero-order valence-corrected chi connectivity index (χ0v) is 15.0. The number of hydrogen-bond acceptors (Lipinski definition) is 5. The van der Waals surface area contributed by atoms with Crippen molar-refractivity contribution in [1.82, 2.24) is 14.8 Å². The van der Waals surface area contributed by atoms with Crippen molar-refractivity contribution in [2.45, 2.75) is 18.5 Å². The number of aromatic nitrogens is 3. The van der Waals surface area contributed by atoms with E-state index in [1.165, 1.54) is 6.07 Å². The molecule has 1 aromatic carbocycles. The molecule has 28 heavy (non-hydrogen) atoms. The number of ether oxygens (including phenoxy) is 1. The molecule has 9 heteroatoms. The monoisotopic (exact) mass is 387 g/mol. The molecule has 2 atom stereocenters. The lowest BCUT2D eigenvalue weighted by molar-refractivity contribution is -0.141. The number of halogens is 3. The van der Waals surface area contributed by atoms with Crippen LogP contribution in [0, 0.1) is 0 Å². The van der Waals surface area contributed by atoms with Crippen LogP contribution in [0.25, 0.3) is 16.9 Å². The molecule has 2 aliphatic rings. The van der Waals surface area contributed by atoms with Crippen molar-refractivity contribution in [3.8, 4) is 16.9 Å². The van der Waals surface area contributed by atoms with E-state index in [-0.39, 0.29) is 12.3 Å². The summed E-state index contributed by atoms with van der Waals surface area (Å²) in [6, 6.07) is 10.2. The largest absolute Gasteiger partial charge is 0.433 e. The van der Waals surface area contributed by atoms with E-state index in [1.54, 1.807) is 10.7 Å². The Bertz CT molecular complexity index is 1080. The molecule has 2 unspecified atom stereocenters. The number of fused-ring (bicyclic) bond motifs is 5. The smallest absolute Gasteiger partial charge is 0.388 e. The van der Waals surface area contributed by atoms with Crippen LogP contribution in [0.4, 0.5) is 24.7 Å². The van der Waals surface area contributed by atoms with E-state index in [9.17, 15) is 13.2 Å². The van der Waals surface area contributed by atoms with Crippen LogP contribution in [-0.4, -0.2) is 35.1 Å². The standard InChI is InChI=1S/C19H16F3N5O/c1-23-11-3-4-12-14(8-11)27-16(26(2)18-17(12)28-18)9-13(25-27)10-5-6-24-15(7-10)19(20,21)22/h3-9,17-18,23H,1-2H3. The molecule has 0 saturated carbocycles. The van der Waals surface area contributed by atoms with Gasteiger partial charge in [-0.15, -0.1) is 0 Å². The van der Waals surface area contributed by atoms with Gasteiger partial charge in [-0.3, -0.25) is 4.98 Å². The Morgan fingerprint density at radius 3 is 2.71 bits per heavy atom. The molecule has 4 heterocycles. The average molecular weight is 387 g/mol. The van der Waals surface area contributed by atoms with Gasteiger partial charge in [0.25, 0.3) is 0 Å². The van der Waals surface area contributed by atoms with E-state index in [0.29, 0.717) is 11.3 Å². The van der Waals surface area contributed by atoms with Crippen LogP contribution in [0.2, 0.25) is 0 Å². The highest BCUT2D eigenvalue weighted by atomic mass is 19.4. The molecule has 144 valence electrons. The molecule has 0 radical (unpaired) electrons. The first-order chi connectivity index (χ1) is 13.4. The molecule has 0 aliphatic carbocycles. The fourth-order valence-electron chi connectivity index (χ4n) is 3.57. The summed E-state index contributed by atoms with van der Waals surface area (Å²) in [5.41, 5.74) is 2.60. The van der Waals surface area contributed by atoms with E-state index < -0.39 is 11.9 Å². The van der Waals surface area contributed by atoms with Gasteiger partial charge in [0, 0.05) is 43.2 Å². The highest BCUT2D eigenvalue weighted by Crippen LogP contribution is 2.48. The number of hydrogen-bond donors (Lipinski definition) is 1. The number of pyridine rings is 1. The molecule has 1 N–H and O–H groups in total. The van der Waals surface area contributed by atoms with Crippen LogP contribution in [0.5, 0.6) is 0 Å². The lowest BCUT2D eigenvalue weighted by Gasteiger charge is -2.16. The summed E-state index contributed by atoms with van der Waals surface area (Å²) in [4.78, 5) is 5.38. The Morgan fingerprint density at radius 1 is 1.14 bits per heavy atom. The third kappa shape index (κ3) is 2.54. The normalized spacial score (nSPS) is 20.1. The first-order valence-corrected chi connectivity index (χ1v) is 8.71. The molecule has 2 aromatic heterocycles. The Kier molecular flexibility index (Phi) is 3.48. The van der Waals surface area contributed by atoms with Gasteiger partial charge >= 0.3 is 6.18 Å². The molecule has 1 fully saturated rings. The predicted octanol–water partition coefficient (Wildman–Crippen LogP) is 3.84. The Balaban J connectivity index is 1.67. The highest BCUT2D eigenvalue weighted by molar-refractivity contribution is 5.69. The maximum atomic E-state index is 13.0. The van der Waals surface area contributed by atoms with Gasteiger partial charge in [-0.1, -0.05) is 6.07 Å². The fraction of sp³-hybridized carbons (Fsp3) is 0.263. The van der Waals surface area contributed by atoms with E-state index >= 15 is 0 Å². The molecule has 0 amide bonds. The number of anilines is 2. The zero-order chi connectivity index (χ0) is 19.6. The zero-order valence-electron chi connectivity index (χ0n) is 15.0. The lowest BCUT2D eigenvalue weighted by atomic mass is 10.1. The quantitative estimate of drug-likeness (QED) is 0.677. The SMILES string of the molecule is CNc1ccc2c(c1)-n1nc(-c3ccnc(C(F)(F)F)c3)cc1N(C)C1OC21. The van der Waals surface area contributed by atoms with Crippen LogP contribution >= 0.6 is 0 Å². The summed E-state index contributed by atoms with van der Waals surface area (Å²) >= 11 is 0. The average Bonchev–Trinajstić information content (AvgIpc) is 3.37. The first-order valence-electron chi connectivity index (χ1n) is 8.71. The van der Waals surface area contributed by atoms with Crippen molar-refractivity contribution in [3.05, 3.63) is 53.9 Å². The van der Waals surface area contributed by atoms with Crippen LogP contribution < -0.4 is 10.2 Å². The summed E-state index contributed by atoms with van der Waals surface area (Å²) < 4.78 is 46.7. The summed E-state index contributed by atoms with van der Waals surface area (Å²) in [5.74, 6) is 0.750. The van der Waals surface area contributed by atoms with E-state index in [4.69, 9.17) is 4.74 Å². The van der Waals surface area contributed by atoms with Crippen LogP contribution in [0.1, 0.15) is 17.4 Å². The second kappa shape index (κ2) is 5.71. The lowest BCUT2D eigenvalue weighted by Crippen LogP contribution is -2.22. The van der Waals surface area contributed by atoms with Crippen LogP contribution in [0.3, 0.4) is 0 Å². The number of benzene rings is 1. The second-order valence-electron chi connectivity index (χ2n) is 6.81. The summed E-state index contributed by atoms with van der Waals surface area (Å²) in [5, 5.41) is 7.72. The molecule has 0 bridgehead atoms. The van der Waals surface area contributed by atoms with Crippen molar-refractivity contribution in [1.29, 1.82) is 0 Å². The van der Waals surface area contributed by atoms with Crippen LogP contribution in [-0.2, 0) is 10.9 Å². The molecule has 3 aromatic rings. The molecular weight excluding hydrogens is 371 g/mol. The maximum Gasteiger partial charge on any atom is 0.433 e. The Labute approximate surface area is 158 Å². The predicted molar refractivity (Wildman–Crippen MR) is 97.4 cm³/mol. The number of nitrogens with zero attached hydrogens (tertiary/aromatic N) is 4. The Morgan fingerprint density at radius 2 is 1.96 bits per heavy atom. The van der Waals surface area contributed by atoms with Gasteiger partial charge in [-0.25, -0.2) is 4.68 Å². The summed E-state index contributed by atoms with van der Waals surface area (Å²) in [7, 11) is 3.71. The van der Waals surface area contributed by atoms with E-state index in [0.717, 1.165) is 35.0 Å². The third-order valence-electron chi connectivity index (χ3n) is 5.10. The molecule has 1 saturated heterocycles.